The zero-order chi connectivity index (χ0) is 14.0. The summed E-state index contributed by atoms with van der Waals surface area (Å²) in [6.07, 6.45) is 0. The van der Waals surface area contributed by atoms with Crippen molar-refractivity contribution in [2.75, 3.05) is 4.72 Å². The molecule has 0 saturated heterocycles. The van der Waals surface area contributed by atoms with E-state index in [9.17, 15) is 8.42 Å². The van der Waals surface area contributed by atoms with Gasteiger partial charge in [0.05, 0.1) is 0 Å². The van der Waals surface area contributed by atoms with Crippen molar-refractivity contribution in [3.63, 3.8) is 0 Å². The van der Waals surface area contributed by atoms with Crippen molar-refractivity contribution in [2.45, 2.75) is 4.90 Å². The highest BCUT2D eigenvalue weighted by Gasteiger charge is 2.18. The zero-order valence-corrected chi connectivity index (χ0v) is 13.5. The number of phenolic OH excluding ortho intramolecular Hbond substituents is 1. The van der Waals surface area contributed by atoms with E-state index in [1.165, 1.54) is 30.3 Å². The van der Waals surface area contributed by atoms with Crippen LogP contribution in [0.2, 0.25) is 0 Å². The summed E-state index contributed by atoms with van der Waals surface area (Å²) in [4.78, 5) is 0.134. The Morgan fingerprint density at radius 2 is 1.63 bits per heavy atom. The topological polar surface area (TPSA) is 66.4 Å². The fourth-order valence-corrected chi connectivity index (χ4v) is 3.98. The van der Waals surface area contributed by atoms with Gasteiger partial charge in [-0.25, -0.2) is 8.42 Å². The monoisotopic (exact) mass is 405 g/mol. The third kappa shape index (κ3) is 3.49. The van der Waals surface area contributed by atoms with E-state index in [-0.39, 0.29) is 10.6 Å². The van der Waals surface area contributed by atoms with E-state index < -0.39 is 10.0 Å². The summed E-state index contributed by atoms with van der Waals surface area (Å²) in [5.41, 5.74) is 0.379. The minimum Gasteiger partial charge on any atom is -0.508 e. The highest BCUT2D eigenvalue weighted by atomic mass is 79.9. The normalized spacial score (nSPS) is 11.3. The molecule has 19 heavy (non-hydrogen) atoms. The average molecular weight is 407 g/mol. The number of aromatic hydroxyl groups is 1. The van der Waals surface area contributed by atoms with E-state index >= 15 is 0 Å². The molecule has 0 spiro atoms. The van der Waals surface area contributed by atoms with Gasteiger partial charge in [-0.2, -0.15) is 0 Å². The lowest BCUT2D eigenvalue weighted by molar-refractivity contribution is 0.475. The standard InChI is InChI=1S/C12H9Br2NO3S/c13-8-1-6-11(14)12(7-8)19(17,18)15-9-2-4-10(16)5-3-9/h1-7,15-16H. The molecule has 2 N–H and O–H groups in total. The summed E-state index contributed by atoms with van der Waals surface area (Å²) in [7, 11) is -3.69. The van der Waals surface area contributed by atoms with Crippen LogP contribution < -0.4 is 4.72 Å². The number of phenols is 1. The summed E-state index contributed by atoms with van der Waals surface area (Å²) >= 11 is 6.45. The van der Waals surface area contributed by atoms with Gasteiger partial charge in [-0.15, -0.1) is 0 Å². The van der Waals surface area contributed by atoms with Crippen LogP contribution in [0.4, 0.5) is 5.69 Å². The molecule has 0 saturated carbocycles. The molecule has 0 fully saturated rings. The van der Waals surface area contributed by atoms with Crippen LogP contribution in [-0.4, -0.2) is 13.5 Å². The number of anilines is 1. The fraction of sp³-hybridized carbons (Fsp3) is 0. The molecule has 0 unspecified atom stereocenters. The van der Waals surface area contributed by atoms with Crippen molar-refractivity contribution in [2.24, 2.45) is 0 Å². The molecular formula is C12H9Br2NO3S. The van der Waals surface area contributed by atoms with E-state index in [4.69, 9.17) is 5.11 Å². The zero-order valence-electron chi connectivity index (χ0n) is 9.47. The minimum absolute atomic E-state index is 0.0755. The SMILES string of the molecule is O=S(=O)(Nc1ccc(O)cc1)c1cc(Br)ccc1Br. The third-order valence-corrected chi connectivity index (χ3v) is 5.17. The first-order valence-corrected chi connectivity index (χ1v) is 8.22. The Morgan fingerprint density at radius 3 is 2.26 bits per heavy atom. The molecule has 0 aromatic heterocycles. The van der Waals surface area contributed by atoms with Crippen LogP contribution in [0.1, 0.15) is 0 Å². The Balaban J connectivity index is 2.37. The molecular weight excluding hydrogens is 398 g/mol. The van der Waals surface area contributed by atoms with Gasteiger partial charge in [0, 0.05) is 14.6 Å². The maximum atomic E-state index is 12.2. The molecule has 100 valence electrons. The number of hydrogen-bond donors (Lipinski definition) is 2. The van der Waals surface area contributed by atoms with Gasteiger partial charge in [0.1, 0.15) is 10.6 Å². The molecule has 2 aromatic rings. The number of hydrogen-bond acceptors (Lipinski definition) is 3. The summed E-state index contributed by atoms with van der Waals surface area (Å²) in [6.45, 7) is 0. The second-order valence-corrected chi connectivity index (χ2v) is 7.15. The Morgan fingerprint density at radius 1 is 1.00 bits per heavy atom. The molecule has 2 rings (SSSR count). The van der Waals surface area contributed by atoms with E-state index in [1.54, 1.807) is 12.1 Å². The second kappa shape index (κ2) is 5.52. The van der Waals surface area contributed by atoms with Gasteiger partial charge >= 0.3 is 0 Å². The Kier molecular flexibility index (Phi) is 4.17. The van der Waals surface area contributed by atoms with E-state index in [1.807, 2.05) is 0 Å². The first-order chi connectivity index (χ1) is 8.88. The Bertz CT molecular complexity index is 699. The van der Waals surface area contributed by atoms with E-state index in [2.05, 4.69) is 36.6 Å². The summed E-state index contributed by atoms with van der Waals surface area (Å²) in [5, 5.41) is 9.16. The first-order valence-electron chi connectivity index (χ1n) is 5.15. The van der Waals surface area contributed by atoms with Gasteiger partial charge in [0.2, 0.25) is 0 Å². The van der Waals surface area contributed by atoms with Crippen LogP contribution in [0.15, 0.2) is 56.3 Å². The predicted molar refractivity (Wildman–Crippen MR) is 80.8 cm³/mol. The Labute approximate surface area is 127 Å². The van der Waals surface area contributed by atoms with Crippen molar-refractivity contribution < 1.29 is 13.5 Å². The van der Waals surface area contributed by atoms with Gasteiger partial charge in [-0.05, 0) is 58.4 Å². The Hall–Kier alpha value is -1.05. The number of rotatable bonds is 3. The highest BCUT2D eigenvalue weighted by molar-refractivity contribution is 9.11. The predicted octanol–water partition coefficient (Wildman–Crippen LogP) is 3.72. The molecule has 0 radical (unpaired) electrons. The van der Waals surface area contributed by atoms with Crippen molar-refractivity contribution in [3.05, 3.63) is 51.4 Å². The van der Waals surface area contributed by atoms with Crippen LogP contribution in [0.3, 0.4) is 0 Å². The molecule has 0 aliphatic carbocycles. The third-order valence-electron chi connectivity index (χ3n) is 2.30. The van der Waals surface area contributed by atoms with Crippen molar-refractivity contribution in [1.82, 2.24) is 0 Å². The summed E-state index contributed by atoms with van der Waals surface area (Å²) in [6, 6.07) is 10.7. The van der Waals surface area contributed by atoms with Gasteiger partial charge in [0.15, 0.2) is 0 Å². The molecule has 0 aliphatic heterocycles. The van der Waals surface area contributed by atoms with Crippen LogP contribution >= 0.6 is 31.9 Å². The molecule has 0 heterocycles. The fourth-order valence-electron chi connectivity index (χ4n) is 1.42. The van der Waals surface area contributed by atoms with Crippen molar-refractivity contribution in [3.8, 4) is 5.75 Å². The van der Waals surface area contributed by atoms with Gasteiger partial charge in [-0.1, -0.05) is 15.9 Å². The lowest BCUT2D eigenvalue weighted by Crippen LogP contribution is -2.13. The molecule has 2 aromatic carbocycles. The summed E-state index contributed by atoms with van der Waals surface area (Å²) < 4.78 is 28.1. The summed E-state index contributed by atoms with van der Waals surface area (Å²) in [5.74, 6) is 0.0755. The van der Waals surface area contributed by atoms with Crippen LogP contribution in [-0.2, 0) is 10.0 Å². The van der Waals surface area contributed by atoms with Gasteiger partial charge in [-0.3, -0.25) is 4.72 Å². The number of halogens is 2. The molecule has 0 bridgehead atoms. The first kappa shape index (κ1) is 14.4. The van der Waals surface area contributed by atoms with E-state index in [0.717, 1.165) is 0 Å². The smallest absolute Gasteiger partial charge is 0.263 e. The minimum atomic E-state index is -3.69. The highest BCUT2D eigenvalue weighted by Crippen LogP contribution is 2.27. The number of sulfonamides is 1. The largest absolute Gasteiger partial charge is 0.508 e. The lowest BCUT2D eigenvalue weighted by Gasteiger charge is -2.10. The molecule has 0 aliphatic rings. The van der Waals surface area contributed by atoms with Gasteiger partial charge < -0.3 is 5.11 Å². The van der Waals surface area contributed by atoms with Crippen molar-refractivity contribution >= 4 is 47.6 Å². The maximum absolute atomic E-state index is 12.2. The van der Waals surface area contributed by atoms with Crippen LogP contribution in [0.5, 0.6) is 5.75 Å². The molecule has 0 atom stereocenters. The quantitative estimate of drug-likeness (QED) is 0.763. The van der Waals surface area contributed by atoms with E-state index in [0.29, 0.717) is 14.6 Å². The maximum Gasteiger partial charge on any atom is 0.263 e. The second-order valence-electron chi connectivity index (χ2n) is 3.73. The molecule has 4 nitrogen and oxygen atoms in total. The lowest BCUT2D eigenvalue weighted by atomic mass is 10.3. The molecule has 0 amide bonds. The number of benzene rings is 2. The molecule has 7 heteroatoms. The van der Waals surface area contributed by atoms with Crippen molar-refractivity contribution in [1.29, 1.82) is 0 Å². The van der Waals surface area contributed by atoms with Crippen LogP contribution in [0.25, 0.3) is 0 Å². The van der Waals surface area contributed by atoms with Crippen LogP contribution in [0, 0.1) is 0 Å². The average Bonchev–Trinajstić information content (AvgIpc) is 2.35. The number of nitrogens with one attached hydrogen (secondary N) is 1. The van der Waals surface area contributed by atoms with Gasteiger partial charge in [0.25, 0.3) is 10.0 Å².